The number of pyridine rings is 1. The Morgan fingerprint density at radius 2 is 2.06 bits per heavy atom. The predicted molar refractivity (Wildman–Crippen MR) is 77.7 cm³/mol. The molecular formula is C15H15BrN2. The average molecular weight is 303 g/mol. The Morgan fingerprint density at radius 3 is 2.94 bits per heavy atom. The molecule has 18 heavy (non-hydrogen) atoms. The van der Waals surface area contributed by atoms with Crippen molar-refractivity contribution in [1.29, 1.82) is 0 Å². The highest BCUT2D eigenvalue weighted by atomic mass is 79.9. The van der Waals surface area contributed by atoms with Gasteiger partial charge in [-0.2, -0.15) is 0 Å². The molecule has 1 aromatic heterocycles. The van der Waals surface area contributed by atoms with Crippen LogP contribution in [-0.2, 0) is 6.42 Å². The fourth-order valence-electron chi connectivity index (χ4n) is 2.52. The molecule has 0 bridgehead atoms. The fourth-order valence-corrected chi connectivity index (χ4v) is 2.92. The van der Waals surface area contributed by atoms with Crippen LogP contribution in [0.25, 0.3) is 0 Å². The van der Waals surface area contributed by atoms with Crippen molar-refractivity contribution < 1.29 is 0 Å². The summed E-state index contributed by atoms with van der Waals surface area (Å²) in [5.74, 6) is 0. The monoisotopic (exact) mass is 302 g/mol. The molecule has 1 N–H and O–H groups in total. The average Bonchev–Trinajstić information content (AvgIpc) is 2.42. The number of halogens is 1. The molecule has 1 heterocycles. The van der Waals surface area contributed by atoms with Crippen LogP contribution in [0.5, 0.6) is 0 Å². The van der Waals surface area contributed by atoms with Gasteiger partial charge in [0.15, 0.2) is 0 Å². The van der Waals surface area contributed by atoms with E-state index in [1.165, 1.54) is 17.7 Å². The first-order chi connectivity index (χ1) is 8.84. The van der Waals surface area contributed by atoms with E-state index in [-0.39, 0.29) is 0 Å². The van der Waals surface area contributed by atoms with Gasteiger partial charge < -0.3 is 5.32 Å². The molecule has 0 radical (unpaired) electrons. The third kappa shape index (κ3) is 2.27. The zero-order valence-electron chi connectivity index (χ0n) is 10.1. The Bertz CT molecular complexity index is 554. The summed E-state index contributed by atoms with van der Waals surface area (Å²) in [7, 11) is 0. The topological polar surface area (TPSA) is 24.9 Å². The number of aryl methyl sites for hydroxylation is 1. The molecular weight excluding hydrogens is 288 g/mol. The second-order valence-electron chi connectivity index (χ2n) is 4.62. The van der Waals surface area contributed by atoms with E-state index in [1.54, 1.807) is 0 Å². The lowest BCUT2D eigenvalue weighted by Crippen LogP contribution is -2.19. The van der Waals surface area contributed by atoms with Crippen LogP contribution >= 0.6 is 15.9 Å². The van der Waals surface area contributed by atoms with Crippen molar-refractivity contribution in [3.05, 3.63) is 58.3 Å². The highest BCUT2D eigenvalue weighted by molar-refractivity contribution is 9.10. The van der Waals surface area contributed by atoms with Gasteiger partial charge in [-0.15, -0.1) is 0 Å². The first kappa shape index (κ1) is 11.7. The Hall–Kier alpha value is -1.35. The second-order valence-corrected chi connectivity index (χ2v) is 5.47. The largest absolute Gasteiger partial charge is 0.376 e. The van der Waals surface area contributed by atoms with E-state index >= 15 is 0 Å². The van der Waals surface area contributed by atoms with Gasteiger partial charge >= 0.3 is 0 Å². The van der Waals surface area contributed by atoms with Crippen LogP contribution in [0.15, 0.2) is 47.1 Å². The highest BCUT2D eigenvalue weighted by Crippen LogP contribution is 2.33. The molecule has 1 atom stereocenters. The molecule has 1 unspecified atom stereocenters. The van der Waals surface area contributed by atoms with Gasteiger partial charge in [0.25, 0.3) is 0 Å². The third-order valence-electron chi connectivity index (χ3n) is 3.40. The molecule has 3 heteroatoms. The summed E-state index contributed by atoms with van der Waals surface area (Å²) in [6.45, 7) is 0. The number of aromatic nitrogens is 1. The molecule has 2 aromatic rings. The van der Waals surface area contributed by atoms with Gasteiger partial charge in [0.2, 0.25) is 0 Å². The second kappa shape index (κ2) is 5.11. The minimum absolute atomic E-state index is 0.327. The normalized spacial score (nSPS) is 18.2. The summed E-state index contributed by atoms with van der Waals surface area (Å²) < 4.78 is 1.10. The van der Waals surface area contributed by atoms with E-state index < -0.39 is 0 Å². The van der Waals surface area contributed by atoms with Crippen molar-refractivity contribution in [2.75, 3.05) is 5.32 Å². The maximum Gasteiger partial charge on any atom is 0.0688 e. The molecule has 1 aliphatic carbocycles. The summed E-state index contributed by atoms with van der Waals surface area (Å²) >= 11 is 3.58. The van der Waals surface area contributed by atoms with Crippen molar-refractivity contribution >= 4 is 21.6 Å². The van der Waals surface area contributed by atoms with Crippen molar-refractivity contribution in [1.82, 2.24) is 4.98 Å². The number of anilines is 1. The van der Waals surface area contributed by atoms with Crippen LogP contribution in [0.4, 0.5) is 5.69 Å². The standard InChI is InChI=1S/C15H15BrN2/c16-12-7-1-2-8-13(12)18-14-9-3-5-11-6-4-10-17-15(11)14/h1-2,4,6-8,10,14,18H,3,5,9H2. The summed E-state index contributed by atoms with van der Waals surface area (Å²) in [5.41, 5.74) is 3.73. The number of benzene rings is 1. The minimum atomic E-state index is 0.327. The minimum Gasteiger partial charge on any atom is -0.376 e. The Labute approximate surface area is 116 Å². The SMILES string of the molecule is Brc1ccccc1NC1CCCc2cccnc21. The van der Waals surface area contributed by atoms with Crippen molar-refractivity contribution in [3.8, 4) is 0 Å². The van der Waals surface area contributed by atoms with Gasteiger partial charge in [0.05, 0.1) is 11.7 Å². The molecule has 1 aliphatic rings. The third-order valence-corrected chi connectivity index (χ3v) is 4.09. The number of para-hydroxylation sites is 1. The van der Waals surface area contributed by atoms with E-state index in [4.69, 9.17) is 0 Å². The maximum absolute atomic E-state index is 4.55. The Morgan fingerprint density at radius 1 is 1.17 bits per heavy atom. The first-order valence-electron chi connectivity index (χ1n) is 6.29. The van der Waals surface area contributed by atoms with E-state index in [0.717, 1.165) is 23.0 Å². The highest BCUT2D eigenvalue weighted by Gasteiger charge is 2.21. The zero-order chi connectivity index (χ0) is 12.4. The lowest BCUT2D eigenvalue weighted by atomic mass is 9.92. The van der Waals surface area contributed by atoms with Gasteiger partial charge in [0, 0.05) is 16.4 Å². The predicted octanol–water partition coefficient (Wildman–Crippen LogP) is 4.33. The van der Waals surface area contributed by atoms with Crippen LogP contribution < -0.4 is 5.32 Å². The number of hydrogen-bond acceptors (Lipinski definition) is 2. The van der Waals surface area contributed by atoms with Crippen LogP contribution in [0.3, 0.4) is 0 Å². The number of hydrogen-bond donors (Lipinski definition) is 1. The lowest BCUT2D eigenvalue weighted by molar-refractivity contribution is 0.583. The van der Waals surface area contributed by atoms with Gasteiger partial charge in [-0.25, -0.2) is 0 Å². The van der Waals surface area contributed by atoms with Crippen molar-refractivity contribution in [3.63, 3.8) is 0 Å². The van der Waals surface area contributed by atoms with E-state index in [0.29, 0.717) is 6.04 Å². The molecule has 3 rings (SSSR count). The Balaban J connectivity index is 1.89. The van der Waals surface area contributed by atoms with E-state index in [1.807, 2.05) is 18.3 Å². The lowest BCUT2D eigenvalue weighted by Gasteiger charge is -2.26. The molecule has 92 valence electrons. The van der Waals surface area contributed by atoms with Gasteiger partial charge in [-0.1, -0.05) is 18.2 Å². The summed E-state index contributed by atoms with van der Waals surface area (Å²) in [6, 6.07) is 12.8. The van der Waals surface area contributed by atoms with Crippen LogP contribution in [0, 0.1) is 0 Å². The molecule has 2 nitrogen and oxygen atoms in total. The van der Waals surface area contributed by atoms with Crippen molar-refractivity contribution in [2.24, 2.45) is 0 Å². The molecule has 0 spiro atoms. The maximum atomic E-state index is 4.55. The van der Waals surface area contributed by atoms with E-state index in [9.17, 15) is 0 Å². The number of rotatable bonds is 2. The number of nitrogens with zero attached hydrogens (tertiary/aromatic N) is 1. The molecule has 0 saturated carbocycles. The zero-order valence-corrected chi connectivity index (χ0v) is 11.7. The van der Waals surface area contributed by atoms with Gasteiger partial charge in [-0.3, -0.25) is 4.98 Å². The number of fused-ring (bicyclic) bond motifs is 1. The van der Waals surface area contributed by atoms with E-state index in [2.05, 4.69) is 50.5 Å². The quantitative estimate of drug-likeness (QED) is 0.893. The van der Waals surface area contributed by atoms with Gasteiger partial charge in [-0.05, 0) is 59.0 Å². The summed E-state index contributed by atoms with van der Waals surface area (Å²) in [4.78, 5) is 4.55. The smallest absolute Gasteiger partial charge is 0.0688 e. The van der Waals surface area contributed by atoms with Crippen molar-refractivity contribution in [2.45, 2.75) is 25.3 Å². The first-order valence-corrected chi connectivity index (χ1v) is 7.09. The summed E-state index contributed by atoms with van der Waals surface area (Å²) in [5, 5.41) is 3.60. The molecule has 0 aliphatic heterocycles. The molecule has 0 amide bonds. The molecule has 0 saturated heterocycles. The van der Waals surface area contributed by atoms with Crippen LogP contribution in [0.1, 0.15) is 30.1 Å². The summed E-state index contributed by atoms with van der Waals surface area (Å²) in [6.07, 6.45) is 5.41. The molecule has 1 aromatic carbocycles. The number of nitrogens with one attached hydrogen (secondary N) is 1. The molecule has 0 fully saturated rings. The van der Waals surface area contributed by atoms with Crippen LogP contribution in [0.2, 0.25) is 0 Å². The van der Waals surface area contributed by atoms with Crippen LogP contribution in [-0.4, -0.2) is 4.98 Å². The Kier molecular flexibility index (Phi) is 3.33. The van der Waals surface area contributed by atoms with Gasteiger partial charge in [0.1, 0.15) is 0 Å². The fraction of sp³-hybridized carbons (Fsp3) is 0.267.